The molecule has 2 atom stereocenters. The highest BCUT2D eigenvalue weighted by molar-refractivity contribution is 5.91. The molecule has 0 saturated heterocycles. The lowest BCUT2D eigenvalue weighted by molar-refractivity contribution is -0.138. The average molecular weight is 465 g/mol. The van der Waals surface area contributed by atoms with Gasteiger partial charge in [-0.25, -0.2) is 4.79 Å². The van der Waals surface area contributed by atoms with Crippen LogP contribution in [0.4, 0.5) is 18.0 Å². The maximum absolute atomic E-state index is 13.3. The molecule has 0 saturated carbocycles. The molecule has 7 nitrogen and oxygen atoms in total. The van der Waals surface area contributed by atoms with Crippen LogP contribution in [0.5, 0.6) is 0 Å². The Labute approximate surface area is 189 Å². The van der Waals surface area contributed by atoms with Crippen LogP contribution in [0, 0.1) is 5.92 Å². The molecule has 178 valence electrons. The predicted octanol–water partition coefficient (Wildman–Crippen LogP) is 3.17. The molecule has 0 radical (unpaired) electrons. The summed E-state index contributed by atoms with van der Waals surface area (Å²) >= 11 is 0. The van der Waals surface area contributed by atoms with Crippen LogP contribution in [0.1, 0.15) is 30.5 Å². The minimum Gasteiger partial charge on any atom is -0.445 e. The zero-order chi connectivity index (χ0) is 24.6. The number of hydrogen-bond acceptors (Lipinski definition) is 4. The molecule has 0 heterocycles. The van der Waals surface area contributed by atoms with Crippen LogP contribution < -0.4 is 16.4 Å². The fraction of sp³-hybridized carbons (Fsp3) is 0.348. The fourth-order valence-corrected chi connectivity index (χ4v) is 3.11. The van der Waals surface area contributed by atoms with Crippen molar-refractivity contribution in [2.45, 2.75) is 45.1 Å². The van der Waals surface area contributed by atoms with Gasteiger partial charge in [0, 0.05) is 6.42 Å². The third kappa shape index (κ3) is 7.81. The van der Waals surface area contributed by atoms with Gasteiger partial charge in [0.2, 0.25) is 11.8 Å². The minimum atomic E-state index is -4.63. The Morgan fingerprint density at radius 3 is 2.15 bits per heavy atom. The van der Waals surface area contributed by atoms with E-state index in [1.54, 1.807) is 38.1 Å². The number of hydrogen-bond donors (Lipinski definition) is 3. The lowest BCUT2D eigenvalue weighted by Gasteiger charge is -2.24. The molecule has 0 bridgehead atoms. The first-order chi connectivity index (χ1) is 15.5. The fourth-order valence-electron chi connectivity index (χ4n) is 3.11. The quantitative estimate of drug-likeness (QED) is 0.528. The van der Waals surface area contributed by atoms with Crippen LogP contribution in [-0.2, 0) is 33.5 Å². The Morgan fingerprint density at radius 1 is 0.970 bits per heavy atom. The van der Waals surface area contributed by atoms with E-state index in [0.717, 1.165) is 11.6 Å². The van der Waals surface area contributed by atoms with Gasteiger partial charge in [-0.2, -0.15) is 13.2 Å². The van der Waals surface area contributed by atoms with E-state index in [-0.39, 0.29) is 12.2 Å². The number of ether oxygens (including phenoxy) is 1. The molecular formula is C23H26F3N3O4. The lowest BCUT2D eigenvalue weighted by atomic mass is 9.98. The molecule has 10 heteroatoms. The summed E-state index contributed by atoms with van der Waals surface area (Å²) in [5, 5.41) is 4.78. The summed E-state index contributed by atoms with van der Waals surface area (Å²) in [6.07, 6.45) is -5.95. The maximum Gasteiger partial charge on any atom is 0.416 e. The third-order valence-corrected chi connectivity index (χ3v) is 4.84. The van der Waals surface area contributed by atoms with Gasteiger partial charge in [0.05, 0.1) is 5.56 Å². The van der Waals surface area contributed by atoms with Crippen molar-refractivity contribution in [3.05, 3.63) is 71.3 Å². The largest absolute Gasteiger partial charge is 0.445 e. The zero-order valence-corrected chi connectivity index (χ0v) is 18.2. The van der Waals surface area contributed by atoms with Crippen molar-refractivity contribution >= 4 is 17.9 Å². The van der Waals surface area contributed by atoms with Crippen molar-refractivity contribution in [2.24, 2.45) is 11.7 Å². The molecule has 33 heavy (non-hydrogen) atoms. The number of primary amides is 1. The molecule has 0 aromatic heterocycles. The zero-order valence-electron chi connectivity index (χ0n) is 18.2. The van der Waals surface area contributed by atoms with Crippen molar-refractivity contribution in [3.63, 3.8) is 0 Å². The van der Waals surface area contributed by atoms with Gasteiger partial charge in [-0.05, 0) is 23.1 Å². The molecular weight excluding hydrogens is 439 g/mol. The highest BCUT2D eigenvalue weighted by Gasteiger charge is 2.35. The second-order valence-electron chi connectivity index (χ2n) is 7.75. The standard InChI is InChI=1S/C23H26F3N3O4/c1-14(2)19(29-22(32)33-13-15-8-4-3-5-9-15)21(31)28-18(20(27)30)12-16-10-6-7-11-17(16)23(24,25)26/h3-11,14,18-19H,12-13H2,1-2H3,(H2,27,30)(H,28,31)(H,29,32)/t18-,19+/m1/s1. The molecule has 2 aromatic carbocycles. The Hall–Kier alpha value is -3.56. The number of alkyl carbamates (subject to hydrolysis) is 1. The number of benzene rings is 2. The highest BCUT2D eigenvalue weighted by atomic mass is 19.4. The van der Waals surface area contributed by atoms with Crippen LogP contribution in [0.2, 0.25) is 0 Å². The molecule has 2 aromatic rings. The summed E-state index contributed by atoms with van der Waals surface area (Å²) in [6, 6.07) is 11.1. The van der Waals surface area contributed by atoms with Gasteiger partial charge < -0.3 is 21.1 Å². The number of alkyl halides is 3. The first-order valence-electron chi connectivity index (χ1n) is 10.2. The summed E-state index contributed by atoms with van der Waals surface area (Å²) in [5.41, 5.74) is 4.97. The van der Waals surface area contributed by atoms with E-state index in [9.17, 15) is 27.6 Å². The van der Waals surface area contributed by atoms with E-state index in [0.29, 0.717) is 0 Å². The number of carbonyl (C=O) groups excluding carboxylic acids is 3. The van der Waals surface area contributed by atoms with Crippen molar-refractivity contribution in [1.82, 2.24) is 10.6 Å². The second-order valence-corrected chi connectivity index (χ2v) is 7.75. The molecule has 2 rings (SSSR count). The Bertz CT molecular complexity index is 965. The van der Waals surface area contributed by atoms with Gasteiger partial charge in [-0.3, -0.25) is 9.59 Å². The summed E-state index contributed by atoms with van der Waals surface area (Å²) in [4.78, 5) is 36.8. The van der Waals surface area contributed by atoms with E-state index in [2.05, 4.69) is 10.6 Å². The van der Waals surface area contributed by atoms with E-state index in [1.165, 1.54) is 18.2 Å². The number of carbonyl (C=O) groups is 3. The number of nitrogens with two attached hydrogens (primary N) is 1. The van der Waals surface area contributed by atoms with Crippen LogP contribution >= 0.6 is 0 Å². The van der Waals surface area contributed by atoms with Crippen molar-refractivity contribution in [1.29, 1.82) is 0 Å². The summed E-state index contributed by atoms with van der Waals surface area (Å²) in [5.74, 6) is -2.19. The predicted molar refractivity (Wildman–Crippen MR) is 115 cm³/mol. The van der Waals surface area contributed by atoms with Crippen molar-refractivity contribution in [3.8, 4) is 0 Å². The first-order valence-corrected chi connectivity index (χ1v) is 10.2. The molecule has 0 unspecified atom stereocenters. The van der Waals surface area contributed by atoms with E-state index >= 15 is 0 Å². The minimum absolute atomic E-state index is 0.0166. The second kappa shape index (κ2) is 11.3. The Morgan fingerprint density at radius 2 is 1.58 bits per heavy atom. The van der Waals surface area contributed by atoms with Crippen LogP contribution in [-0.4, -0.2) is 30.0 Å². The van der Waals surface area contributed by atoms with Gasteiger partial charge >= 0.3 is 12.3 Å². The maximum atomic E-state index is 13.3. The van der Waals surface area contributed by atoms with Gasteiger partial charge in [-0.15, -0.1) is 0 Å². The smallest absolute Gasteiger partial charge is 0.416 e. The summed E-state index contributed by atoms with van der Waals surface area (Å²) in [6.45, 7) is 3.29. The number of nitrogens with one attached hydrogen (secondary N) is 2. The topological polar surface area (TPSA) is 111 Å². The Balaban J connectivity index is 2.07. The normalized spacial score (nSPS) is 13.2. The number of halogens is 3. The van der Waals surface area contributed by atoms with E-state index in [1.807, 2.05) is 6.07 Å². The van der Waals surface area contributed by atoms with Crippen LogP contribution in [0.15, 0.2) is 54.6 Å². The van der Waals surface area contributed by atoms with Crippen molar-refractivity contribution < 1.29 is 32.3 Å². The molecule has 3 amide bonds. The molecule has 4 N–H and O–H groups in total. The molecule has 0 fully saturated rings. The van der Waals surface area contributed by atoms with Crippen molar-refractivity contribution in [2.75, 3.05) is 0 Å². The van der Waals surface area contributed by atoms with Crippen LogP contribution in [0.25, 0.3) is 0 Å². The summed E-state index contributed by atoms with van der Waals surface area (Å²) < 4.78 is 44.9. The summed E-state index contributed by atoms with van der Waals surface area (Å²) in [7, 11) is 0. The number of rotatable bonds is 9. The van der Waals surface area contributed by atoms with Gasteiger partial charge in [-0.1, -0.05) is 62.4 Å². The monoisotopic (exact) mass is 465 g/mol. The third-order valence-electron chi connectivity index (χ3n) is 4.84. The van der Waals surface area contributed by atoms with Gasteiger partial charge in [0.1, 0.15) is 18.7 Å². The van der Waals surface area contributed by atoms with Gasteiger partial charge in [0.25, 0.3) is 0 Å². The van der Waals surface area contributed by atoms with Crippen LogP contribution in [0.3, 0.4) is 0 Å². The van der Waals surface area contributed by atoms with E-state index in [4.69, 9.17) is 10.5 Å². The van der Waals surface area contributed by atoms with E-state index < -0.39 is 54.1 Å². The SMILES string of the molecule is CC(C)[C@H](NC(=O)OCc1ccccc1)C(=O)N[C@H](Cc1ccccc1C(F)(F)F)C(N)=O. The highest BCUT2D eigenvalue weighted by Crippen LogP contribution is 2.32. The molecule has 0 aliphatic carbocycles. The molecule has 0 spiro atoms. The Kier molecular flexibility index (Phi) is 8.84. The lowest BCUT2D eigenvalue weighted by Crippen LogP contribution is -2.55. The average Bonchev–Trinajstić information content (AvgIpc) is 2.75. The molecule has 0 aliphatic rings. The van der Waals surface area contributed by atoms with Gasteiger partial charge in [0.15, 0.2) is 0 Å². The number of amides is 3. The first kappa shape index (κ1) is 25.7. The molecule has 0 aliphatic heterocycles.